The first-order valence-electron chi connectivity index (χ1n) is 10.3. The van der Waals surface area contributed by atoms with Crippen LogP contribution in [0.3, 0.4) is 0 Å². The van der Waals surface area contributed by atoms with E-state index in [1.165, 1.54) is 11.0 Å². The first-order chi connectivity index (χ1) is 15.7. The minimum atomic E-state index is -0.569. The summed E-state index contributed by atoms with van der Waals surface area (Å²) in [4.78, 5) is 38.5. The van der Waals surface area contributed by atoms with Crippen LogP contribution in [0.5, 0.6) is 5.75 Å². The molecule has 0 aromatic heterocycles. The molecule has 33 heavy (non-hydrogen) atoms. The van der Waals surface area contributed by atoms with Gasteiger partial charge in [0.2, 0.25) is 5.91 Å². The van der Waals surface area contributed by atoms with Gasteiger partial charge in [-0.25, -0.2) is 4.79 Å². The van der Waals surface area contributed by atoms with Crippen molar-refractivity contribution < 1.29 is 23.9 Å². The lowest BCUT2D eigenvalue weighted by Gasteiger charge is -2.20. The summed E-state index contributed by atoms with van der Waals surface area (Å²) in [5, 5.41) is 7.40. The monoisotopic (exact) mass is 449 g/mol. The van der Waals surface area contributed by atoms with Crippen molar-refractivity contribution in [1.29, 1.82) is 5.41 Å². The van der Waals surface area contributed by atoms with Gasteiger partial charge in [-0.15, -0.1) is 6.58 Å². The van der Waals surface area contributed by atoms with Crippen molar-refractivity contribution >= 4 is 29.8 Å². The van der Waals surface area contributed by atoms with Crippen molar-refractivity contribution in [2.75, 3.05) is 19.7 Å². The van der Waals surface area contributed by atoms with Crippen LogP contribution >= 0.6 is 0 Å². The molecule has 0 aliphatic carbocycles. The van der Waals surface area contributed by atoms with Gasteiger partial charge in [0.25, 0.3) is 0 Å². The number of carbonyl (C=O) groups excluding carboxylic acids is 3. The summed E-state index contributed by atoms with van der Waals surface area (Å²) in [6.07, 6.45) is 3.16. The maximum absolute atomic E-state index is 12.8. The van der Waals surface area contributed by atoms with Gasteiger partial charge in [0.1, 0.15) is 18.1 Å². The third kappa shape index (κ3) is 7.46. The summed E-state index contributed by atoms with van der Waals surface area (Å²) in [5.41, 5.74) is 7.25. The van der Waals surface area contributed by atoms with Crippen molar-refractivity contribution in [2.45, 2.75) is 13.8 Å². The van der Waals surface area contributed by atoms with E-state index in [1.54, 1.807) is 68.5 Å². The molecule has 0 aliphatic rings. The number of benzene rings is 2. The normalized spacial score (nSPS) is 10.8. The van der Waals surface area contributed by atoms with Crippen LogP contribution in [0.25, 0.3) is 6.08 Å². The van der Waals surface area contributed by atoms with Gasteiger partial charge in [-0.3, -0.25) is 15.0 Å². The Labute approximate surface area is 192 Å². The minimum absolute atomic E-state index is 0.0776. The maximum atomic E-state index is 12.8. The fourth-order valence-electron chi connectivity index (χ4n) is 2.92. The number of nitrogen functional groups attached to an aromatic ring is 1. The topological polar surface area (TPSA) is 123 Å². The second-order valence-electron chi connectivity index (χ2n) is 7.06. The standard InChI is InChI=1S/C25H27N3O5/c1-4-13-28(16-22(29)32-5-2)24(30)17(3)14-18-7-6-8-20(15-18)25(31)33-21-11-9-19(10-12-21)23(26)27/h4,6-12,14-15H,1,5,13,16H2,2-3H3,(H3,26,27)/b17-14+. The largest absolute Gasteiger partial charge is 0.465 e. The molecular formula is C25H27N3O5. The predicted octanol–water partition coefficient (Wildman–Crippen LogP) is 3.17. The molecule has 0 aliphatic heterocycles. The first kappa shape index (κ1) is 25.1. The van der Waals surface area contributed by atoms with Gasteiger partial charge in [0, 0.05) is 17.7 Å². The Bertz CT molecular complexity index is 1070. The third-order valence-electron chi connectivity index (χ3n) is 4.48. The predicted molar refractivity (Wildman–Crippen MR) is 126 cm³/mol. The van der Waals surface area contributed by atoms with Crippen molar-refractivity contribution in [3.05, 3.63) is 83.4 Å². The van der Waals surface area contributed by atoms with E-state index in [1.807, 2.05) is 0 Å². The van der Waals surface area contributed by atoms with E-state index in [2.05, 4.69) is 6.58 Å². The molecule has 0 saturated carbocycles. The van der Waals surface area contributed by atoms with E-state index in [-0.39, 0.29) is 31.4 Å². The Hall–Kier alpha value is -4.20. The van der Waals surface area contributed by atoms with E-state index >= 15 is 0 Å². The fourth-order valence-corrected chi connectivity index (χ4v) is 2.92. The molecule has 0 spiro atoms. The average molecular weight is 450 g/mol. The van der Waals surface area contributed by atoms with Crippen LogP contribution in [-0.2, 0) is 14.3 Å². The second kappa shape index (κ2) is 12.0. The lowest BCUT2D eigenvalue weighted by atomic mass is 10.1. The van der Waals surface area contributed by atoms with E-state index in [9.17, 15) is 14.4 Å². The van der Waals surface area contributed by atoms with Gasteiger partial charge in [0.15, 0.2) is 0 Å². The van der Waals surface area contributed by atoms with E-state index < -0.39 is 11.9 Å². The summed E-state index contributed by atoms with van der Waals surface area (Å²) >= 11 is 0. The van der Waals surface area contributed by atoms with Crippen molar-refractivity contribution in [3.8, 4) is 5.75 Å². The third-order valence-corrected chi connectivity index (χ3v) is 4.48. The molecule has 0 bridgehead atoms. The number of amidine groups is 1. The molecule has 172 valence electrons. The molecule has 0 unspecified atom stereocenters. The van der Waals surface area contributed by atoms with Crippen LogP contribution in [0.4, 0.5) is 0 Å². The average Bonchev–Trinajstić information content (AvgIpc) is 2.79. The summed E-state index contributed by atoms with van der Waals surface area (Å²) in [5.74, 6) is -1.17. The zero-order valence-electron chi connectivity index (χ0n) is 18.7. The highest BCUT2D eigenvalue weighted by Crippen LogP contribution is 2.16. The number of carbonyl (C=O) groups is 3. The molecule has 1 amide bonds. The Balaban J connectivity index is 2.15. The number of ether oxygens (including phenoxy) is 2. The minimum Gasteiger partial charge on any atom is -0.465 e. The van der Waals surface area contributed by atoms with Gasteiger partial charge in [-0.05, 0) is 61.9 Å². The number of amides is 1. The number of esters is 2. The van der Waals surface area contributed by atoms with Crippen LogP contribution < -0.4 is 10.5 Å². The van der Waals surface area contributed by atoms with Crippen LogP contribution in [0.15, 0.2) is 66.8 Å². The van der Waals surface area contributed by atoms with Crippen LogP contribution in [0, 0.1) is 5.41 Å². The van der Waals surface area contributed by atoms with Crippen molar-refractivity contribution in [2.24, 2.45) is 5.73 Å². The molecule has 2 aromatic carbocycles. The second-order valence-corrected chi connectivity index (χ2v) is 7.06. The number of rotatable bonds is 10. The van der Waals surface area contributed by atoms with E-state index in [0.717, 1.165) is 0 Å². The summed E-state index contributed by atoms with van der Waals surface area (Å²) in [6.45, 7) is 7.19. The zero-order chi connectivity index (χ0) is 24.4. The van der Waals surface area contributed by atoms with Crippen molar-refractivity contribution in [3.63, 3.8) is 0 Å². The van der Waals surface area contributed by atoms with Crippen LogP contribution in [0.2, 0.25) is 0 Å². The maximum Gasteiger partial charge on any atom is 0.343 e. The number of nitrogens with zero attached hydrogens (tertiary/aromatic N) is 1. The Kier molecular flexibility index (Phi) is 9.11. The number of hydrogen-bond acceptors (Lipinski definition) is 6. The molecule has 0 fully saturated rings. The fraction of sp³-hybridized carbons (Fsp3) is 0.200. The molecule has 8 heteroatoms. The Morgan fingerprint density at radius 3 is 2.42 bits per heavy atom. The first-order valence-corrected chi connectivity index (χ1v) is 10.3. The number of nitrogens with one attached hydrogen (secondary N) is 1. The summed E-state index contributed by atoms with van der Waals surface area (Å²) in [7, 11) is 0. The molecule has 0 radical (unpaired) electrons. The molecule has 0 atom stereocenters. The highest BCUT2D eigenvalue weighted by Gasteiger charge is 2.18. The van der Waals surface area contributed by atoms with E-state index in [4.69, 9.17) is 20.6 Å². The SMILES string of the molecule is C=CCN(CC(=O)OCC)C(=O)/C(C)=C/c1cccc(C(=O)Oc2ccc(C(=N)N)cc2)c1. The highest BCUT2D eigenvalue weighted by molar-refractivity contribution is 5.99. The molecule has 2 rings (SSSR count). The molecule has 0 saturated heterocycles. The van der Waals surface area contributed by atoms with Gasteiger partial charge in [-0.1, -0.05) is 18.2 Å². The quantitative estimate of drug-likeness (QED) is 0.143. The molecular weight excluding hydrogens is 422 g/mol. The van der Waals surface area contributed by atoms with Gasteiger partial charge in [-0.2, -0.15) is 0 Å². The van der Waals surface area contributed by atoms with Gasteiger partial charge in [0.05, 0.1) is 12.2 Å². The Morgan fingerprint density at radius 1 is 1.12 bits per heavy atom. The number of nitrogens with two attached hydrogens (primary N) is 1. The molecule has 0 heterocycles. The summed E-state index contributed by atoms with van der Waals surface area (Å²) in [6, 6.07) is 12.9. The smallest absolute Gasteiger partial charge is 0.343 e. The number of hydrogen-bond donors (Lipinski definition) is 2. The van der Waals surface area contributed by atoms with Crippen molar-refractivity contribution in [1.82, 2.24) is 4.90 Å². The van der Waals surface area contributed by atoms with Gasteiger partial charge >= 0.3 is 11.9 Å². The van der Waals surface area contributed by atoms with Crippen LogP contribution in [-0.4, -0.2) is 48.3 Å². The zero-order valence-corrected chi connectivity index (χ0v) is 18.7. The molecule has 2 aromatic rings. The molecule has 3 N–H and O–H groups in total. The lowest BCUT2D eigenvalue weighted by Crippen LogP contribution is -2.37. The summed E-state index contributed by atoms with van der Waals surface area (Å²) < 4.78 is 10.3. The highest BCUT2D eigenvalue weighted by atomic mass is 16.5. The lowest BCUT2D eigenvalue weighted by molar-refractivity contribution is -0.147. The Morgan fingerprint density at radius 2 is 1.82 bits per heavy atom. The van der Waals surface area contributed by atoms with Crippen LogP contribution in [0.1, 0.15) is 35.3 Å². The van der Waals surface area contributed by atoms with Gasteiger partial charge < -0.3 is 20.1 Å². The van der Waals surface area contributed by atoms with E-state index in [0.29, 0.717) is 28.0 Å². The molecule has 8 nitrogen and oxygen atoms in total.